The molecular formula is C17H28ClN3O2S. The van der Waals surface area contributed by atoms with Crippen LogP contribution in [0, 0.1) is 5.92 Å². The molecule has 24 heavy (non-hydrogen) atoms. The molecule has 0 aromatic carbocycles. The van der Waals surface area contributed by atoms with Crippen LogP contribution in [0.25, 0.3) is 0 Å². The number of thiazole rings is 1. The van der Waals surface area contributed by atoms with E-state index in [-0.39, 0.29) is 24.4 Å². The fraction of sp³-hybridized carbons (Fsp3) is 0.765. The molecule has 2 aliphatic heterocycles. The highest BCUT2D eigenvalue weighted by molar-refractivity contribution is 7.07. The van der Waals surface area contributed by atoms with Crippen LogP contribution >= 0.6 is 23.7 Å². The van der Waals surface area contributed by atoms with Gasteiger partial charge < -0.3 is 10.1 Å². The molecule has 0 bridgehead atoms. The summed E-state index contributed by atoms with van der Waals surface area (Å²) in [5.41, 5.74) is 2.66. The molecule has 2 saturated heterocycles. The van der Waals surface area contributed by atoms with E-state index in [2.05, 4.69) is 22.1 Å². The fourth-order valence-electron chi connectivity index (χ4n) is 3.83. The molecule has 5 nitrogen and oxygen atoms in total. The summed E-state index contributed by atoms with van der Waals surface area (Å²) in [5, 5.41) is 5.22. The minimum absolute atomic E-state index is 0. The number of ether oxygens (including phenoxy) is 1. The maximum Gasteiger partial charge on any atom is 0.226 e. The minimum Gasteiger partial charge on any atom is -0.381 e. The van der Waals surface area contributed by atoms with Crippen molar-refractivity contribution >= 4 is 29.7 Å². The second-order valence-corrected chi connectivity index (χ2v) is 7.40. The Morgan fingerprint density at radius 3 is 2.88 bits per heavy atom. The zero-order valence-corrected chi connectivity index (χ0v) is 15.9. The molecule has 0 saturated carbocycles. The summed E-state index contributed by atoms with van der Waals surface area (Å²) in [7, 11) is 0. The van der Waals surface area contributed by atoms with Crippen molar-refractivity contribution in [3.63, 3.8) is 0 Å². The standard InChI is InChI=1S/C17H27N3O2S.ClH/c1-2-3-13-9-20(15-4-6-22-7-5-15)10-16(13)19-17(21)8-14-11-23-12-18-14;/h11-13,15-16H,2-10H2,1H3,(H,19,21);1H/t13-,16-;/m0./s1. The van der Waals surface area contributed by atoms with E-state index in [1.807, 2.05) is 5.38 Å². The largest absolute Gasteiger partial charge is 0.381 e. The molecule has 0 aliphatic carbocycles. The molecule has 7 heteroatoms. The van der Waals surface area contributed by atoms with Crippen LogP contribution in [0.4, 0.5) is 0 Å². The molecule has 1 aromatic heterocycles. The van der Waals surface area contributed by atoms with Gasteiger partial charge in [-0.1, -0.05) is 13.3 Å². The van der Waals surface area contributed by atoms with Crippen molar-refractivity contribution in [2.75, 3.05) is 26.3 Å². The Morgan fingerprint density at radius 2 is 2.21 bits per heavy atom. The van der Waals surface area contributed by atoms with Crippen LogP contribution in [0.3, 0.4) is 0 Å². The van der Waals surface area contributed by atoms with E-state index in [0.29, 0.717) is 18.4 Å². The van der Waals surface area contributed by atoms with E-state index in [0.717, 1.165) is 44.8 Å². The van der Waals surface area contributed by atoms with E-state index >= 15 is 0 Å². The molecule has 2 atom stereocenters. The van der Waals surface area contributed by atoms with E-state index in [9.17, 15) is 4.79 Å². The topological polar surface area (TPSA) is 54.5 Å². The highest BCUT2D eigenvalue weighted by Gasteiger charge is 2.36. The normalized spacial score (nSPS) is 25.4. The van der Waals surface area contributed by atoms with Crippen molar-refractivity contribution in [2.45, 2.75) is 51.1 Å². The maximum atomic E-state index is 12.3. The Kier molecular flexibility index (Phi) is 7.94. The van der Waals surface area contributed by atoms with Crippen LogP contribution in [0.1, 0.15) is 38.3 Å². The van der Waals surface area contributed by atoms with Crippen LogP contribution in [0.2, 0.25) is 0 Å². The van der Waals surface area contributed by atoms with Crippen molar-refractivity contribution in [2.24, 2.45) is 5.92 Å². The molecule has 1 aromatic rings. The van der Waals surface area contributed by atoms with E-state index in [4.69, 9.17) is 4.74 Å². The first-order chi connectivity index (χ1) is 11.3. The first kappa shape index (κ1) is 19.6. The summed E-state index contributed by atoms with van der Waals surface area (Å²) in [5.74, 6) is 0.679. The van der Waals surface area contributed by atoms with E-state index in [1.165, 1.54) is 12.8 Å². The average molecular weight is 374 g/mol. The van der Waals surface area contributed by atoms with Gasteiger partial charge in [-0.2, -0.15) is 0 Å². The quantitative estimate of drug-likeness (QED) is 0.832. The lowest BCUT2D eigenvalue weighted by Gasteiger charge is -2.31. The highest BCUT2D eigenvalue weighted by Crippen LogP contribution is 2.27. The molecular weight excluding hydrogens is 346 g/mol. The van der Waals surface area contributed by atoms with Crippen LogP contribution < -0.4 is 5.32 Å². The number of carbonyl (C=O) groups excluding carboxylic acids is 1. The number of nitrogens with zero attached hydrogens (tertiary/aromatic N) is 2. The molecule has 2 fully saturated rings. The Labute approximate surface area is 154 Å². The highest BCUT2D eigenvalue weighted by atomic mass is 35.5. The second-order valence-electron chi connectivity index (χ2n) is 6.68. The summed E-state index contributed by atoms with van der Waals surface area (Å²) in [6.07, 6.45) is 5.00. The monoisotopic (exact) mass is 373 g/mol. The zero-order valence-electron chi connectivity index (χ0n) is 14.3. The Balaban J connectivity index is 0.00000208. The third-order valence-corrected chi connectivity index (χ3v) is 5.64. The zero-order chi connectivity index (χ0) is 16.1. The van der Waals surface area contributed by atoms with Crippen LogP contribution in [0.15, 0.2) is 10.9 Å². The number of nitrogens with one attached hydrogen (secondary N) is 1. The number of likely N-dealkylation sites (tertiary alicyclic amines) is 1. The van der Waals surface area contributed by atoms with Gasteiger partial charge in [0.05, 0.1) is 17.6 Å². The minimum atomic E-state index is 0. The molecule has 3 heterocycles. The van der Waals surface area contributed by atoms with Gasteiger partial charge in [-0.25, -0.2) is 4.98 Å². The predicted molar refractivity (Wildman–Crippen MR) is 98.8 cm³/mol. The number of rotatable bonds is 6. The summed E-state index contributed by atoms with van der Waals surface area (Å²) < 4.78 is 5.48. The molecule has 0 unspecified atom stereocenters. The van der Waals surface area contributed by atoms with Gasteiger partial charge in [0, 0.05) is 43.8 Å². The Hall–Kier alpha value is -0.690. The summed E-state index contributed by atoms with van der Waals surface area (Å²) >= 11 is 1.54. The van der Waals surface area contributed by atoms with Crippen molar-refractivity contribution in [1.29, 1.82) is 0 Å². The van der Waals surface area contributed by atoms with Gasteiger partial charge in [-0.3, -0.25) is 9.69 Å². The second kappa shape index (κ2) is 9.70. The molecule has 1 N–H and O–H groups in total. The van der Waals surface area contributed by atoms with Gasteiger partial charge in [-0.15, -0.1) is 23.7 Å². The SMILES string of the molecule is CCC[C@H]1CN(C2CCOCC2)C[C@@H]1NC(=O)Cc1cscn1.Cl. The fourth-order valence-corrected chi connectivity index (χ4v) is 4.39. The van der Waals surface area contributed by atoms with Gasteiger partial charge >= 0.3 is 0 Å². The number of aromatic nitrogens is 1. The van der Waals surface area contributed by atoms with Gasteiger partial charge in [0.15, 0.2) is 0 Å². The number of hydrogen-bond acceptors (Lipinski definition) is 5. The van der Waals surface area contributed by atoms with Crippen molar-refractivity contribution in [1.82, 2.24) is 15.2 Å². The van der Waals surface area contributed by atoms with Crippen molar-refractivity contribution < 1.29 is 9.53 Å². The molecule has 136 valence electrons. The third kappa shape index (κ3) is 5.15. The molecule has 0 spiro atoms. The first-order valence-corrected chi connectivity index (χ1v) is 9.68. The average Bonchev–Trinajstić information content (AvgIpc) is 3.19. The molecule has 1 amide bonds. The van der Waals surface area contributed by atoms with Crippen LogP contribution in [0.5, 0.6) is 0 Å². The van der Waals surface area contributed by atoms with Crippen molar-refractivity contribution in [3.8, 4) is 0 Å². The van der Waals surface area contributed by atoms with E-state index in [1.54, 1.807) is 16.8 Å². The third-order valence-electron chi connectivity index (χ3n) is 5.01. The number of hydrogen-bond donors (Lipinski definition) is 1. The molecule has 0 radical (unpaired) electrons. The smallest absolute Gasteiger partial charge is 0.226 e. The Bertz CT molecular complexity index is 494. The molecule has 2 aliphatic rings. The summed E-state index contributed by atoms with van der Waals surface area (Å²) in [6, 6.07) is 0.910. The molecule has 3 rings (SSSR count). The van der Waals surface area contributed by atoms with Gasteiger partial charge in [0.2, 0.25) is 5.91 Å². The van der Waals surface area contributed by atoms with Crippen LogP contribution in [-0.4, -0.2) is 54.2 Å². The summed E-state index contributed by atoms with van der Waals surface area (Å²) in [6.45, 7) is 6.07. The predicted octanol–water partition coefficient (Wildman–Crippen LogP) is 2.50. The van der Waals surface area contributed by atoms with Crippen molar-refractivity contribution in [3.05, 3.63) is 16.6 Å². The summed E-state index contributed by atoms with van der Waals surface area (Å²) in [4.78, 5) is 19.1. The van der Waals surface area contributed by atoms with E-state index < -0.39 is 0 Å². The maximum absolute atomic E-state index is 12.3. The lowest BCUT2D eigenvalue weighted by molar-refractivity contribution is -0.121. The number of halogens is 1. The number of carbonyl (C=O) groups is 1. The lowest BCUT2D eigenvalue weighted by Crippen LogP contribution is -2.43. The Morgan fingerprint density at radius 1 is 1.42 bits per heavy atom. The van der Waals surface area contributed by atoms with Gasteiger partial charge in [0.1, 0.15) is 0 Å². The van der Waals surface area contributed by atoms with Gasteiger partial charge in [0.25, 0.3) is 0 Å². The van der Waals surface area contributed by atoms with Crippen LogP contribution in [-0.2, 0) is 16.0 Å². The number of amides is 1. The lowest BCUT2D eigenvalue weighted by atomic mass is 9.98. The first-order valence-electron chi connectivity index (χ1n) is 8.74. The van der Waals surface area contributed by atoms with Gasteiger partial charge in [-0.05, 0) is 25.2 Å².